The van der Waals surface area contributed by atoms with Crippen molar-refractivity contribution in [2.24, 2.45) is 0 Å². The average molecular weight is 305 g/mol. The number of nitrogens with zero attached hydrogens (tertiary/aromatic N) is 4. The monoisotopic (exact) mass is 304 g/mol. The highest BCUT2D eigenvalue weighted by Crippen LogP contribution is 2.28. The van der Waals surface area contributed by atoms with Gasteiger partial charge in [0.1, 0.15) is 11.5 Å². The standard InChI is InChI=1S/C12H12ClF3N4/c1-7(2)11-17-6-9(8(5-13)18-11)20-4-3-10(19-20)12(14,15)16/h3-4,6-7H,5H2,1-2H3. The first-order valence-electron chi connectivity index (χ1n) is 5.88. The van der Waals surface area contributed by atoms with Gasteiger partial charge in [-0.15, -0.1) is 11.6 Å². The summed E-state index contributed by atoms with van der Waals surface area (Å²) < 4.78 is 38.7. The lowest BCUT2D eigenvalue weighted by molar-refractivity contribution is -0.141. The van der Waals surface area contributed by atoms with Crippen LogP contribution < -0.4 is 0 Å². The van der Waals surface area contributed by atoms with Crippen LogP contribution in [0.5, 0.6) is 0 Å². The third-order valence-corrected chi connectivity index (χ3v) is 2.89. The Morgan fingerprint density at radius 3 is 2.55 bits per heavy atom. The Morgan fingerprint density at radius 1 is 1.35 bits per heavy atom. The van der Waals surface area contributed by atoms with Gasteiger partial charge in [-0.1, -0.05) is 13.8 Å². The molecule has 0 N–H and O–H groups in total. The Bertz CT molecular complexity index is 607. The van der Waals surface area contributed by atoms with Crippen molar-refractivity contribution >= 4 is 11.6 Å². The molecule has 0 radical (unpaired) electrons. The van der Waals surface area contributed by atoms with Gasteiger partial charge in [-0.2, -0.15) is 18.3 Å². The molecule has 4 nitrogen and oxygen atoms in total. The molecule has 2 aromatic heterocycles. The summed E-state index contributed by atoms with van der Waals surface area (Å²) in [6.07, 6.45) is -1.83. The summed E-state index contributed by atoms with van der Waals surface area (Å²) in [4.78, 5) is 8.38. The van der Waals surface area contributed by atoms with Gasteiger partial charge in [0.15, 0.2) is 5.69 Å². The Hall–Kier alpha value is -1.63. The molecule has 2 rings (SSSR count). The van der Waals surface area contributed by atoms with Gasteiger partial charge in [-0.3, -0.25) is 0 Å². The molecular weight excluding hydrogens is 293 g/mol. The van der Waals surface area contributed by atoms with Crippen LogP contribution in [0.4, 0.5) is 13.2 Å². The van der Waals surface area contributed by atoms with E-state index in [0.717, 1.165) is 10.7 Å². The van der Waals surface area contributed by atoms with Crippen molar-refractivity contribution in [2.45, 2.75) is 31.8 Å². The molecule has 2 heterocycles. The molecule has 8 heteroatoms. The van der Waals surface area contributed by atoms with Gasteiger partial charge < -0.3 is 0 Å². The zero-order chi connectivity index (χ0) is 14.9. The molecule has 0 aliphatic carbocycles. The van der Waals surface area contributed by atoms with Crippen LogP contribution in [-0.4, -0.2) is 19.7 Å². The maximum absolute atomic E-state index is 12.5. The first-order chi connectivity index (χ1) is 9.32. The van der Waals surface area contributed by atoms with Gasteiger partial charge in [0.25, 0.3) is 0 Å². The SMILES string of the molecule is CC(C)c1ncc(-n2ccc(C(F)(F)F)n2)c(CCl)n1. The van der Waals surface area contributed by atoms with Crippen molar-refractivity contribution in [1.82, 2.24) is 19.7 Å². The Kier molecular flexibility index (Phi) is 3.99. The normalized spacial score (nSPS) is 12.2. The molecule has 108 valence electrons. The van der Waals surface area contributed by atoms with Crippen molar-refractivity contribution in [3.63, 3.8) is 0 Å². The highest BCUT2D eigenvalue weighted by atomic mass is 35.5. The quantitative estimate of drug-likeness (QED) is 0.815. The van der Waals surface area contributed by atoms with E-state index in [0.29, 0.717) is 17.2 Å². The molecule has 0 unspecified atom stereocenters. The minimum absolute atomic E-state index is 0.0682. The fourth-order valence-corrected chi connectivity index (χ4v) is 1.80. The van der Waals surface area contributed by atoms with Gasteiger partial charge in [-0.05, 0) is 6.07 Å². The molecule has 0 fully saturated rings. The van der Waals surface area contributed by atoms with Crippen LogP contribution in [-0.2, 0) is 12.1 Å². The van der Waals surface area contributed by atoms with E-state index in [-0.39, 0.29) is 11.8 Å². The lowest BCUT2D eigenvalue weighted by atomic mass is 10.2. The summed E-state index contributed by atoms with van der Waals surface area (Å²) in [5.41, 5.74) is -0.173. The molecule has 0 aliphatic heterocycles. The Morgan fingerprint density at radius 2 is 2.05 bits per heavy atom. The first kappa shape index (κ1) is 14.8. The van der Waals surface area contributed by atoms with E-state index in [9.17, 15) is 13.2 Å². The van der Waals surface area contributed by atoms with Crippen molar-refractivity contribution in [3.05, 3.63) is 35.7 Å². The first-order valence-corrected chi connectivity index (χ1v) is 6.41. The second-order valence-electron chi connectivity index (χ2n) is 4.49. The predicted octanol–water partition coefficient (Wildman–Crippen LogP) is 3.54. The molecule has 0 aliphatic rings. The summed E-state index contributed by atoms with van der Waals surface area (Å²) in [7, 11) is 0. The van der Waals surface area contributed by atoms with Gasteiger partial charge in [-0.25, -0.2) is 14.6 Å². The van der Waals surface area contributed by atoms with E-state index >= 15 is 0 Å². The number of hydrogen-bond acceptors (Lipinski definition) is 3. The largest absolute Gasteiger partial charge is 0.435 e. The van der Waals surface area contributed by atoms with E-state index in [2.05, 4.69) is 15.1 Å². The molecule has 0 amide bonds. The van der Waals surface area contributed by atoms with Crippen molar-refractivity contribution in [3.8, 4) is 5.69 Å². The van der Waals surface area contributed by atoms with Crippen LogP contribution in [0.1, 0.15) is 37.0 Å². The lowest BCUT2D eigenvalue weighted by Gasteiger charge is -2.10. The molecule has 0 saturated carbocycles. The van der Waals surface area contributed by atoms with Crippen LogP contribution in [0.15, 0.2) is 18.5 Å². The molecular formula is C12H12ClF3N4. The second-order valence-corrected chi connectivity index (χ2v) is 4.76. The highest BCUT2D eigenvalue weighted by Gasteiger charge is 2.33. The number of halogens is 4. The van der Waals surface area contributed by atoms with Crippen molar-refractivity contribution in [1.29, 1.82) is 0 Å². The van der Waals surface area contributed by atoms with E-state index in [1.807, 2.05) is 13.8 Å². The summed E-state index contributed by atoms with van der Waals surface area (Å²) in [6, 6.07) is 0.897. The molecule has 0 aromatic carbocycles. The van der Waals surface area contributed by atoms with E-state index in [1.165, 1.54) is 12.4 Å². The molecule has 0 spiro atoms. The zero-order valence-electron chi connectivity index (χ0n) is 10.8. The third kappa shape index (κ3) is 2.92. The summed E-state index contributed by atoms with van der Waals surface area (Å²) in [6.45, 7) is 3.84. The van der Waals surface area contributed by atoms with Gasteiger partial charge >= 0.3 is 6.18 Å². The minimum atomic E-state index is -4.48. The number of hydrogen-bond donors (Lipinski definition) is 0. The zero-order valence-corrected chi connectivity index (χ0v) is 11.6. The van der Waals surface area contributed by atoms with Gasteiger partial charge in [0.05, 0.1) is 17.8 Å². The maximum Gasteiger partial charge on any atom is 0.435 e. The fraction of sp³-hybridized carbons (Fsp3) is 0.417. The van der Waals surface area contributed by atoms with Crippen molar-refractivity contribution in [2.75, 3.05) is 0 Å². The second kappa shape index (κ2) is 5.40. The maximum atomic E-state index is 12.5. The smallest absolute Gasteiger partial charge is 0.239 e. The molecule has 2 aromatic rings. The highest BCUT2D eigenvalue weighted by molar-refractivity contribution is 6.17. The van der Waals surface area contributed by atoms with Crippen LogP contribution in [0.2, 0.25) is 0 Å². The summed E-state index contributed by atoms with van der Waals surface area (Å²) in [5.74, 6) is 0.765. The van der Waals surface area contributed by atoms with Crippen molar-refractivity contribution < 1.29 is 13.2 Å². The Labute approximate surface area is 118 Å². The van der Waals surface area contributed by atoms with Gasteiger partial charge in [0, 0.05) is 12.1 Å². The van der Waals surface area contributed by atoms with E-state index in [4.69, 9.17) is 11.6 Å². The minimum Gasteiger partial charge on any atom is -0.239 e. The van der Waals surface area contributed by atoms with Crippen LogP contribution >= 0.6 is 11.6 Å². The van der Waals surface area contributed by atoms with Crippen LogP contribution in [0.25, 0.3) is 5.69 Å². The average Bonchev–Trinajstić information content (AvgIpc) is 2.87. The van der Waals surface area contributed by atoms with Crippen LogP contribution in [0, 0.1) is 0 Å². The van der Waals surface area contributed by atoms with Gasteiger partial charge in [0.2, 0.25) is 0 Å². The topological polar surface area (TPSA) is 43.6 Å². The summed E-state index contributed by atoms with van der Waals surface area (Å²) in [5, 5.41) is 3.49. The molecule has 0 saturated heterocycles. The predicted molar refractivity (Wildman–Crippen MR) is 67.8 cm³/mol. The molecule has 0 atom stereocenters. The lowest BCUT2D eigenvalue weighted by Crippen LogP contribution is -2.10. The van der Waals surface area contributed by atoms with E-state index < -0.39 is 11.9 Å². The number of rotatable bonds is 3. The Balaban J connectivity index is 2.45. The molecule has 0 bridgehead atoms. The fourth-order valence-electron chi connectivity index (χ4n) is 1.60. The number of alkyl halides is 4. The summed E-state index contributed by atoms with van der Waals surface area (Å²) >= 11 is 5.80. The van der Waals surface area contributed by atoms with E-state index in [1.54, 1.807) is 0 Å². The number of aromatic nitrogens is 4. The third-order valence-electron chi connectivity index (χ3n) is 2.63. The van der Waals surface area contributed by atoms with Crippen LogP contribution in [0.3, 0.4) is 0 Å². The molecule has 20 heavy (non-hydrogen) atoms.